The molecule has 0 saturated carbocycles. The summed E-state index contributed by atoms with van der Waals surface area (Å²) in [6, 6.07) is 14.8. The van der Waals surface area contributed by atoms with E-state index in [1.54, 1.807) is 24.3 Å². The topological polar surface area (TPSA) is 84.5 Å². The SMILES string of the molecule is CCc1ccc([C@H](C)NC(=O)COC(=O)c2ccccc2SCC(=O)NC(C)C)cc1. The first-order valence-corrected chi connectivity index (χ1v) is 11.3. The molecule has 0 fully saturated rings. The van der Waals surface area contributed by atoms with Crippen LogP contribution in [0.15, 0.2) is 53.4 Å². The van der Waals surface area contributed by atoms with Gasteiger partial charge in [-0.05, 0) is 50.5 Å². The molecule has 0 aromatic heterocycles. The van der Waals surface area contributed by atoms with Crippen LogP contribution in [0.1, 0.15) is 55.2 Å². The van der Waals surface area contributed by atoms with E-state index in [0.717, 1.165) is 12.0 Å². The molecular formula is C24H30N2O4S. The zero-order valence-corrected chi connectivity index (χ0v) is 19.3. The Kier molecular flexibility index (Phi) is 9.59. The Morgan fingerprint density at radius 3 is 2.26 bits per heavy atom. The number of esters is 1. The minimum atomic E-state index is -0.595. The van der Waals surface area contributed by atoms with E-state index >= 15 is 0 Å². The number of hydrogen-bond donors (Lipinski definition) is 2. The van der Waals surface area contributed by atoms with Crippen LogP contribution < -0.4 is 10.6 Å². The van der Waals surface area contributed by atoms with Gasteiger partial charge in [0.25, 0.3) is 5.91 Å². The van der Waals surface area contributed by atoms with Crippen LogP contribution in [0.5, 0.6) is 0 Å². The molecule has 0 spiro atoms. The summed E-state index contributed by atoms with van der Waals surface area (Å²) in [5.74, 6) is -0.884. The van der Waals surface area contributed by atoms with Gasteiger partial charge >= 0.3 is 5.97 Å². The predicted molar refractivity (Wildman–Crippen MR) is 123 cm³/mol. The molecule has 166 valence electrons. The van der Waals surface area contributed by atoms with E-state index in [4.69, 9.17) is 4.74 Å². The molecule has 0 radical (unpaired) electrons. The van der Waals surface area contributed by atoms with Gasteiger partial charge in [-0.15, -0.1) is 11.8 Å². The molecule has 0 bridgehead atoms. The third-order valence-electron chi connectivity index (χ3n) is 4.52. The summed E-state index contributed by atoms with van der Waals surface area (Å²) < 4.78 is 5.21. The summed E-state index contributed by atoms with van der Waals surface area (Å²) >= 11 is 1.26. The molecule has 31 heavy (non-hydrogen) atoms. The lowest BCUT2D eigenvalue weighted by Crippen LogP contribution is -2.31. The summed E-state index contributed by atoms with van der Waals surface area (Å²) in [5, 5.41) is 5.65. The number of carbonyl (C=O) groups excluding carboxylic acids is 3. The van der Waals surface area contributed by atoms with Crippen molar-refractivity contribution in [3.05, 3.63) is 65.2 Å². The van der Waals surface area contributed by atoms with Gasteiger partial charge in [-0.25, -0.2) is 4.79 Å². The first-order valence-electron chi connectivity index (χ1n) is 10.4. The minimum Gasteiger partial charge on any atom is -0.452 e. The number of nitrogens with one attached hydrogen (secondary N) is 2. The quantitative estimate of drug-likeness (QED) is 0.431. The maximum Gasteiger partial charge on any atom is 0.339 e. The van der Waals surface area contributed by atoms with Crippen molar-refractivity contribution in [1.82, 2.24) is 10.6 Å². The number of rotatable bonds is 10. The van der Waals surface area contributed by atoms with Gasteiger partial charge < -0.3 is 15.4 Å². The third kappa shape index (κ3) is 8.09. The number of aryl methyl sites for hydroxylation is 1. The minimum absolute atomic E-state index is 0.0544. The van der Waals surface area contributed by atoms with Crippen molar-refractivity contribution in [2.75, 3.05) is 12.4 Å². The van der Waals surface area contributed by atoms with Crippen LogP contribution in [0.2, 0.25) is 0 Å². The molecule has 2 N–H and O–H groups in total. The Labute approximate surface area is 188 Å². The smallest absolute Gasteiger partial charge is 0.339 e. The van der Waals surface area contributed by atoms with Crippen molar-refractivity contribution in [3.8, 4) is 0 Å². The van der Waals surface area contributed by atoms with Gasteiger partial charge in [0, 0.05) is 10.9 Å². The van der Waals surface area contributed by atoms with Crippen LogP contribution in [-0.2, 0) is 20.7 Å². The van der Waals surface area contributed by atoms with E-state index in [1.165, 1.54) is 17.3 Å². The summed E-state index contributed by atoms with van der Waals surface area (Å²) in [5.41, 5.74) is 2.55. The summed E-state index contributed by atoms with van der Waals surface area (Å²) in [6.45, 7) is 7.38. The molecule has 0 aliphatic carbocycles. The lowest BCUT2D eigenvalue weighted by molar-refractivity contribution is -0.125. The van der Waals surface area contributed by atoms with Gasteiger partial charge in [-0.1, -0.05) is 43.3 Å². The number of hydrogen-bond acceptors (Lipinski definition) is 5. The van der Waals surface area contributed by atoms with Gasteiger partial charge in [0.15, 0.2) is 6.61 Å². The maximum absolute atomic E-state index is 12.5. The second kappa shape index (κ2) is 12.2. The average Bonchev–Trinajstić information content (AvgIpc) is 2.75. The Morgan fingerprint density at radius 1 is 0.935 bits per heavy atom. The molecular weight excluding hydrogens is 412 g/mol. The van der Waals surface area contributed by atoms with Crippen LogP contribution in [0.4, 0.5) is 0 Å². The Morgan fingerprint density at radius 2 is 1.61 bits per heavy atom. The first-order chi connectivity index (χ1) is 14.8. The van der Waals surface area contributed by atoms with Crippen LogP contribution >= 0.6 is 11.8 Å². The molecule has 2 aromatic rings. The third-order valence-corrected chi connectivity index (χ3v) is 5.59. The molecule has 2 rings (SSSR count). The van der Waals surface area contributed by atoms with Crippen LogP contribution in [0, 0.1) is 0 Å². The van der Waals surface area contributed by atoms with Crippen molar-refractivity contribution in [2.45, 2.75) is 51.1 Å². The van der Waals surface area contributed by atoms with Crippen LogP contribution in [0.25, 0.3) is 0 Å². The van der Waals surface area contributed by atoms with Crippen molar-refractivity contribution in [3.63, 3.8) is 0 Å². The van der Waals surface area contributed by atoms with Gasteiger partial charge in [0.05, 0.1) is 17.4 Å². The van der Waals surface area contributed by atoms with Gasteiger partial charge in [-0.3, -0.25) is 9.59 Å². The van der Waals surface area contributed by atoms with E-state index in [1.807, 2.05) is 45.0 Å². The molecule has 0 unspecified atom stereocenters. The highest BCUT2D eigenvalue weighted by atomic mass is 32.2. The highest BCUT2D eigenvalue weighted by molar-refractivity contribution is 8.00. The van der Waals surface area contributed by atoms with E-state index in [0.29, 0.717) is 10.5 Å². The molecule has 6 nitrogen and oxygen atoms in total. The zero-order valence-electron chi connectivity index (χ0n) is 18.4. The van der Waals surface area contributed by atoms with Gasteiger partial charge in [0.2, 0.25) is 5.91 Å². The Bertz CT molecular complexity index is 897. The second-order valence-electron chi connectivity index (χ2n) is 7.47. The Balaban J connectivity index is 1.88. The fraction of sp³-hybridized carbons (Fsp3) is 0.375. The molecule has 0 saturated heterocycles. The average molecular weight is 443 g/mol. The van der Waals surface area contributed by atoms with E-state index in [2.05, 4.69) is 17.6 Å². The number of ether oxygens (including phenoxy) is 1. The monoisotopic (exact) mass is 442 g/mol. The van der Waals surface area contributed by atoms with Crippen LogP contribution in [-0.4, -0.2) is 36.2 Å². The number of carbonyl (C=O) groups is 3. The predicted octanol–water partition coefficient (Wildman–Crippen LogP) is 3.90. The van der Waals surface area contributed by atoms with Crippen molar-refractivity contribution in [2.24, 2.45) is 0 Å². The summed E-state index contributed by atoms with van der Waals surface area (Å²) in [7, 11) is 0. The fourth-order valence-electron chi connectivity index (χ4n) is 2.89. The van der Waals surface area contributed by atoms with Gasteiger partial charge in [0.1, 0.15) is 0 Å². The van der Waals surface area contributed by atoms with Crippen LogP contribution in [0.3, 0.4) is 0 Å². The molecule has 2 amide bonds. The summed E-state index contributed by atoms with van der Waals surface area (Å²) in [6.07, 6.45) is 0.957. The molecule has 2 aromatic carbocycles. The number of thioether (sulfide) groups is 1. The molecule has 7 heteroatoms. The van der Waals surface area contributed by atoms with E-state index in [9.17, 15) is 14.4 Å². The highest BCUT2D eigenvalue weighted by Crippen LogP contribution is 2.23. The zero-order chi connectivity index (χ0) is 22.8. The molecule has 0 aliphatic heterocycles. The van der Waals surface area contributed by atoms with Crippen molar-refractivity contribution >= 4 is 29.5 Å². The maximum atomic E-state index is 12.5. The molecule has 0 aliphatic rings. The largest absolute Gasteiger partial charge is 0.452 e. The van der Waals surface area contributed by atoms with Crippen molar-refractivity contribution in [1.29, 1.82) is 0 Å². The standard InChI is InChI=1S/C24H30N2O4S/c1-5-18-10-12-19(13-11-18)17(4)26-22(27)14-30-24(29)20-8-6-7-9-21(20)31-15-23(28)25-16(2)3/h6-13,16-17H,5,14-15H2,1-4H3,(H,25,28)(H,26,27)/t17-/m0/s1. The van der Waals surface area contributed by atoms with E-state index in [-0.39, 0.29) is 36.3 Å². The molecule has 0 heterocycles. The first kappa shape index (κ1) is 24.5. The summed E-state index contributed by atoms with van der Waals surface area (Å²) in [4.78, 5) is 37.3. The number of amides is 2. The lowest BCUT2D eigenvalue weighted by atomic mass is 10.1. The lowest BCUT2D eigenvalue weighted by Gasteiger charge is -2.15. The second-order valence-corrected chi connectivity index (χ2v) is 8.48. The van der Waals surface area contributed by atoms with Gasteiger partial charge in [-0.2, -0.15) is 0 Å². The van der Waals surface area contributed by atoms with E-state index < -0.39 is 5.97 Å². The Hall–Kier alpha value is -2.80. The fourth-order valence-corrected chi connectivity index (χ4v) is 3.74. The molecule has 1 atom stereocenters. The van der Waals surface area contributed by atoms with Crippen molar-refractivity contribution < 1.29 is 19.1 Å². The highest BCUT2D eigenvalue weighted by Gasteiger charge is 2.17. The number of benzene rings is 2. The normalized spacial score (nSPS) is 11.6.